The van der Waals surface area contributed by atoms with Crippen molar-refractivity contribution in [3.05, 3.63) is 40.8 Å². The van der Waals surface area contributed by atoms with E-state index in [2.05, 4.69) is 20.2 Å². The van der Waals surface area contributed by atoms with Crippen molar-refractivity contribution in [2.24, 2.45) is 0 Å². The Labute approximate surface area is 153 Å². The summed E-state index contributed by atoms with van der Waals surface area (Å²) in [6.07, 6.45) is 1.75. The molecule has 3 aromatic rings. The van der Waals surface area contributed by atoms with E-state index >= 15 is 0 Å². The van der Waals surface area contributed by atoms with Gasteiger partial charge in [0.1, 0.15) is 5.69 Å². The van der Waals surface area contributed by atoms with Crippen LogP contribution in [0.1, 0.15) is 39.0 Å². The number of hydrogen-bond donors (Lipinski definition) is 2. The predicted octanol–water partition coefficient (Wildman–Crippen LogP) is 3.16. The van der Waals surface area contributed by atoms with E-state index in [1.807, 2.05) is 12.1 Å². The average Bonchev–Trinajstić information content (AvgIpc) is 3.32. The predicted molar refractivity (Wildman–Crippen MR) is 95.4 cm³/mol. The van der Waals surface area contributed by atoms with Gasteiger partial charge in [0, 0.05) is 17.6 Å². The summed E-state index contributed by atoms with van der Waals surface area (Å²) in [4.78, 5) is 30.8. The highest BCUT2D eigenvalue weighted by Crippen LogP contribution is 2.25. The van der Waals surface area contributed by atoms with Crippen molar-refractivity contribution in [1.29, 1.82) is 0 Å². The summed E-state index contributed by atoms with van der Waals surface area (Å²) in [5, 5.41) is 8.15. The van der Waals surface area contributed by atoms with Crippen molar-refractivity contribution in [3.63, 3.8) is 0 Å². The SMILES string of the molecule is CCOC(=O)c1c(C)[nH]c(C)c1C(=O)CSc1nnc(-c2ccc[nH]2)o1. The van der Waals surface area contributed by atoms with Gasteiger partial charge in [-0.05, 0) is 32.9 Å². The lowest BCUT2D eigenvalue weighted by Crippen LogP contribution is -2.13. The number of rotatable bonds is 7. The lowest BCUT2D eigenvalue weighted by atomic mass is 10.1. The van der Waals surface area contributed by atoms with Gasteiger partial charge >= 0.3 is 5.97 Å². The highest BCUT2D eigenvalue weighted by molar-refractivity contribution is 7.99. The lowest BCUT2D eigenvalue weighted by Gasteiger charge is -2.05. The highest BCUT2D eigenvalue weighted by atomic mass is 32.2. The Hall–Kier alpha value is -2.81. The first-order valence-electron chi connectivity index (χ1n) is 8.00. The molecule has 0 radical (unpaired) electrons. The van der Waals surface area contributed by atoms with Gasteiger partial charge in [0.2, 0.25) is 0 Å². The summed E-state index contributed by atoms with van der Waals surface area (Å²) in [6.45, 7) is 5.46. The van der Waals surface area contributed by atoms with Crippen LogP contribution in [0, 0.1) is 13.8 Å². The molecule has 26 heavy (non-hydrogen) atoms. The Morgan fingerprint density at radius 2 is 2.00 bits per heavy atom. The van der Waals surface area contributed by atoms with Crippen LogP contribution in [0.15, 0.2) is 28.0 Å². The second kappa shape index (κ2) is 7.61. The Balaban J connectivity index is 1.74. The third-order valence-corrected chi connectivity index (χ3v) is 4.51. The van der Waals surface area contributed by atoms with Gasteiger partial charge in [-0.25, -0.2) is 4.79 Å². The minimum Gasteiger partial charge on any atom is -0.462 e. The van der Waals surface area contributed by atoms with Crippen molar-refractivity contribution in [1.82, 2.24) is 20.2 Å². The van der Waals surface area contributed by atoms with Crippen LogP contribution in [0.5, 0.6) is 0 Å². The van der Waals surface area contributed by atoms with Crippen molar-refractivity contribution in [2.75, 3.05) is 12.4 Å². The molecule has 0 atom stereocenters. The number of nitrogens with zero attached hydrogens (tertiary/aromatic N) is 2. The minimum absolute atomic E-state index is 0.0664. The second-order valence-electron chi connectivity index (χ2n) is 5.51. The summed E-state index contributed by atoms with van der Waals surface area (Å²) in [5.74, 6) is -0.295. The van der Waals surface area contributed by atoms with Crippen LogP contribution >= 0.6 is 11.8 Å². The molecule has 3 rings (SSSR count). The van der Waals surface area contributed by atoms with Gasteiger partial charge in [-0.2, -0.15) is 0 Å². The first-order chi connectivity index (χ1) is 12.5. The van der Waals surface area contributed by atoms with Crippen LogP contribution in [-0.2, 0) is 4.74 Å². The third-order valence-electron chi connectivity index (χ3n) is 3.69. The zero-order chi connectivity index (χ0) is 18.7. The number of aryl methyl sites for hydroxylation is 2. The molecule has 0 fully saturated rings. The summed E-state index contributed by atoms with van der Waals surface area (Å²) in [6, 6.07) is 3.63. The van der Waals surface area contributed by atoms with Gasteiger partial charge in [-0.3, -0.25) is 4.79 Å². The molecule has 0 aliphatic carbocycles. The zero-order valence-corrected chi connectivity index (χ0v) is 15.4. The zero-order valence-electron chi connectivity index (χ0n) is 14.6. The molecule has 0 aliphatic heterocycles. The molecule has 0 spiro atoms. The van der Waals surface area contributed by atoms with Gasteiger partial charge in [-0.1, -0.05) is 11.8 Å². The number of nitrogens with one attached hydrogen (secondary N) is 2. The van der Waals surface area contributed by atoms with E-state index in [0.29, 0.717) is 28.5 Å². The van der Waals surface area contributed by atoms with E-state index in [0.717, 1.165) is 11.8 Å². The summed E-state index contributed by atoms with van der Waals surface area (Å²) in [5.41, 5.74) is 2.58. The Morgan fingerprint density at radius 3 is 2.69 bits per heavy atom. The van der Waals surface area contributed by atoms with E-state index < -0.39 is 5.97 Å². The number of carbonyl (C=O) groups excluding carboxylic acids is 2. The fraction of sp³-hybridized carbons (Fsp3) is 0.294. The third kappa shape index (κ3) is 3.57. The number of carbonyl (C=O) groups is 2. The Morgan fingerprint density at radius 1 is 1.23 bits per heavy atom. The molecule has 0 unspecified atom stereocenters. The van der Waals surface area contributed by atoms with E-state index in [-0.39, 0.29) is 28.9 Å². The standard InChI is InChI=1S/C17H18N4O4S/c1-4-24-16(23)14-10(3)19-9(2)13(14)12(22)8-26-17-21-20-15(25-17)11-6-5-7-18-11/h5-7,18-19H,4,8H2,1-3H3. The quantitative estimate of drug-likeness (QED) is 0.371. The van der Waals surface area contributed by atoms with Crippen LogP contribution in [0.3, 0.4) is 0 Å². The minimum atomic E-state index is -0.505. The highest BCUT2D eigenvalue weighted by Gasteiger charge is 2.25. The molecule has 0 aliphatic rings. The molecule has 0 saturated heterocycles. The maximum absolute atomic E-state index is 12.7. The maximum atomic E-state index is 12.7. The number of hydrogen-bond acceptors (Lipinski definition) is 7. The number of esters is 1. The second-order valence-corrected chi connectivity index (χ2v) is 6.44. The van der Waals surface area contributed by atoms with Crippen molar-refractivity contribution < 1.29 is 18.7 Å². The smallest absolute Gasteiger partial charge is 0.340 e. The lowest BCUT2D eigenvalue weighted by molar-refractivity contribution is 0.0522. The number of Topliss-reactive ketones (excluding diaryl/α,β-unsaturated/α-hetero) is 1. The van der Waals surface area contributed by atoms with Crippen LogP contribution in [0.25, 0.3) is 11.6 Å². The molecule has 136 valence electrons. The number of ketones is 1. The van der Waals surface area contributed by atoms with Crippen molar-refractivity contribution >= 4 is 23.5 Å². The molecule has 2 N–H and O–H groups in total. The van der Waals surface area contributed by atoms with Crippen LogP contribution in [0.4, 0.5) is 0 Å². The van der Waals surface area contributed by atoms with Gasteiger partial charge in [0.05, 0.1) is 23.5 Å². The Bertz CT molecular complexity index is 927. The van der Waals surface area contributed by atoms with Crippen molar-refractivity contribution in [3.8, 4) is 11.6 Å². The van der Waals surface area contributed by atoms with E-state index in [1.165, 1.54) is 0 Å². The molecule has 8 nitrogen and oxygen atoms in total. The largest absolute Gasteiger partial charge is 0.462 e. The summed E-state index contributed by atoms with van der Waals surface area (Å²) >= 11 is 1.12. The van der Waals surface area contributed by atoms with Crippen molar-refractivity contribution in [2.45, 2.75) is 26.0 Å². The Kier molecular flexibility index (Phi) is 5.27. The van der Waals surface area contributed by atoms with Crippen LogP contribution in [0.2, 0.25) is 0 Å². The molecule has 0 saturated carbocycles. The topological polar surface area (TPSA) is 114 Å². The normalized spacial score (nSPS) is 10.9. The molecule has 0 bridgehead atoms. The molecular formula is C17H18N4O4S. The fourth-order valence-corrected chi connectivity index (χ4v) is 3.26. The fourth-order valence-electron chi connectivity index (χ4n) is 2.63. The number of H-pyrrole nitrogens is 2. The monoisotopic (exact) mass is 374 g/mol. The van der Waals surface area contributed by atoms with Crippen LogP contribution < -0.4 is 0 Å². The van der Waals surface area contributed by atoms with Gasteiger partial charge in [0.25, 0.3) is 11.1 Å². The van der Waals surface area contributed by atoms with E-state index in [9.17, 15) is 9.59 Å². The summed E-state index contributed by atoms with van der Waals surface area (Å²) < 4.78 is 10.6. The van der Waals surface area contributed by atoms with Gasteiger partial charge in [-0.15, -0.1) is 10.2 Å². The number of aromatic amines is 2. The van der Waals surface area contributed by atoms with Crippen LogP contribution in [-0.4, -0.2) is 44.3 Å². The molecule has 3 aromatic heterocycles. The number of aromatic nitrogens is 4. The number of ether oxygens (including phenoxy) is 1. The van der Waals surface area contributed by atoms with Gasteiger partial charge in [0.15, 0.2) is 5.78 Å². The first-order valence-corrected chi connectivity index (χ1v) is 8.99. The molecule has 0 aromatic carbocycles. The molecule has 0 amide bonds. The first kappa shape index (κ1) is 18.0. The molecule has 9 heteroatoms. The molecular weight excluding hydrogens is 356 g/mol. The maximum Gasteiger partial charge on any atom is 0.340 e. The number of thioether (sulfide) groups is 1. The molecule has 3 heterocycles. The van der Waals surface area contributed by atoms with E-state index in [4.69, 9.17) is 9.15 Å². The van der Waals surface area contributed by atoms with Gasteiger partial charge < -0.3 is 19.1 Å². The summed E-state index contributed by atoms with van der Waals surface area (Å²) in [7, 11) is 0. The van der Waals surface area contributed by atoms with E-state index in [1.54, 1.807) is 27.0 Å². The average molecular weight is 374 g/mol.